The van der Waals surface area contributed by atoms with Crippen molar-refractivity contribution in [1.29, 1.82) is 0 Å². The zero-order valence-electron chi connectivity index (χ0n) is 10.8. The van der Waals surface area contributed by atoms with Crippen LogP contribution in [0.3, 0.4) is 0 Å². The lowest BCUT2D eigenvalue weighted by Crippen LogP contribution is -2.40. The molecule has 1 saturated carbocycles. The van der Waals surface area contributed by atoms with Crippen LogP contribution in [0.25, 0.3) is 0 Å². The SMILES string of the molecule is O=C(NC1CCCC1)[C@@H]1CC(c2ccccc2)=NO1. The molecule has 0 radical (unpaired) electrons. The maximum Gasteiger partial charge on any atom is 0.264 e. The summed E-state index contributed by atoms with van der Waals surface area (Å²) in [6, 6.07) is 10.2. The predicted octanol–water partition coefficient (Wildman–Crippen LogP) is 2.24. The molecule has 4 nitrogen and oxygen atoms in total. The van der Waals surface area contributed by atoms with Crippen LogP contribution >= 0.6 is 0 Å². The summed E-state index contributed by atoms with van der Waals surface area (Å²) in [5, 5.41) is 7.09. The molecule has 0 unspecified atom stereocenters. The van der Waals surface area contributed by atoms with E-state index in [1.807, 2.05) is 30.3 Å². The molecule has 0 spiro atoms. The van der Waals surface area contributed by atoms with E-state index in [1.165, 1.54) is 12.8 Å². The summed E-state index contributed by atoms with van der Waals surface area (Å²) < 4.78 is 0. The molecule has 0 aromatic heterocycles. The van der Waals surface area contributed by atoms with Crippen LogP contribution in [0.1, 0.15) is 37.7 Å². The smallest absolute Gasteiger partial charge is 0.264 e. The van der Waals surface area contributed by atoms with Crippen LogP contribution in [0.15, 0.2) is 35.5 Å². The summed E-state index contributed by atoms with van der Waals surface area (Å²) in [6.07, 6.45) is 4.69. The van der Waals surface area contributed by atoms with E-state index in [0.29, 0.717) is 12.5 Å². The molecule has 1 aromatic carbocycles. The molecule has 1 amide bonds. The van der Waals surface area contributed by atoms with Crippen molar-refractivity contribution >= 4 is 11.6 Å². The van der Waals surface area contributed by atoms with Gasteiger partial charge in [-0.1, -0.05) is 48.3 Å². The Morgan fingerprint density at radius 3 is 2.68 bits per heavy atom. The van der Waals surface area contributed by atoms with Crippen LogP contribution < -0.4 is 5.32 Å². The lowest BCUT2D eigenvalue weighted by molar-refractivity contribution is -0.131. The highest BCUT2D eigenvalue weighted by Gasteiger charge is 2.30. The van der Waals surface area contributed by atoms with Gasteiger partial charge in [0.25, 0.3) is 5.91 Å². The van der Waals surface area contributed by atoms with Gasteiger partial charge in [0.2, 0.25) is 6.10 Å². The molecule has 0 saturated heterocycles. The minimum Gasteiger partial charge on any atom is -0.382 e. The molecule has 1 N–H and O–H groups in total. The number of nitrogens with one attached hydrogen (secondary N) is 1. The maximum atomic E-state index is 12.1. The number of oxime groups is 1. The van der Waals surface area contributed by atoms with Crippen LogP contribution in [-0.4, -0.2) is 23.8 Å². The first kappa shape index (κ1) is 12.2. The molecule has 1 fully saturated rings. The van der Waals surface area contributed by atoms with Gasteiger partial charge in [0.1, 0.15) is 0 Å². The number of benzene rings is 1. The average Bonchev–Trinajstić information content (AvgIpc) is 3.10. The molecule has 4 heteroatoms. The Bertz CT molecular complexity index is 478. The topological polar surface area (TPSA) is 50.7 Å². The van der Waals surface area contributed by atoms with Gasteiger partial charge in [-0.3, -0.25) is 4.79 Å². The highest BCUT2D eigenvalue weighted by Crippen LogP contribution is 2.20. The third kappa shape index (κ3) is 2.78. The maximum absolute atomic E-state index is 12.1. The fourth-order valence-corrected chi connectivity index (χ4v) is 2.68. The zero-order chi connectivity index (χ0) is 13.1. The first-order valence-electron chi connectivity index (χ1n) is 6.91. The summed E-state index contributed by atoms with van der Waals surface area (Å²) in [6.45, 7) is 0. The van der Waals surface area contributed by atoms with Crippen molar-refractivity contribution in [2.45, 2.75) is 44.2 Å². The van der Waals surface area contributed by atoms with Crippen molar-refractivity contribution in [1.82, 2.24) is 5.32 Å². The number of nitrogens with zero attached hydrogens (tertiary/aromatic N) is 1. The Morgan fingerprint density at radius 2 is 1.95 bits per heavy atom. The molecule has 1 aliphatic carbocycles. The summed E-state index contributed by atoms with van der Waals surface area (Å²) in [7, 11) is 0. The number of carbonyl (C=O) groups excluding carboxylic acids is 1. The summed E-state index contributed by atoms with van der Waals surface area (Å²) in [4.78, 5) is 17.3. The van der Waals surface area contributed by atoms with Crippen LogP contribution in [0, 0.1) is 0 Å². The number of amides is 1. The van der Waals surface area contributed by atoms with Crippen LogP contribution in [0.5, 0.6) is 0 Å². The number of hydrogen-bond acceptors (Lipinski definition) is 3. The van der Waals surface area contributed by atoms with E-state index in [4.69, 9.17) is 4.84 Å². The molecular weight excluding hydrogens is 240 g/mol. The molecule has 100 valence electrons. The standard InChI is InChI=1S/C15H18N2O2/c18-15(16-12-8-4-5-9-12)14-10-13(17-19-14)11-6-2-1-3-7-11/h1-3,6-7,12,14H,4-5,8-10H2,(H,16,18)/t14-/m0/s1. The average molecular weight is 258 g/mol. The summed E-state index contributed by atoms with van der Waals surface area (Å²) in [5.41, 5.74) is 1.88. The van der Waals surface area contributed by atoms with Crippen molar-refractivity contribution in [2.24, 2.45) is 5.16 Å². The van der Waals surface area contributed by atoms with E-state index in [1.54, 1.807) is 0 Å². The summed E-state index contributed by atoms with van der Waals surface area (Å²) >= 11 is 0. The molecule has 2 aliphatic rings. The van der Waals surface area contributed by atoms with Gasteiger partial charge >= 0.3 is 0 Å². The highest BCUT2D eigenvalue weighted by atomic mass is 16.6. The fraction of sp³-hybridized carbons (Fsp3) is 0.467. The first-order valence-corrected chi connectivity index (χ1v) is 6.91. The van der Waals surface area contributed by atoms with Gasteiger partial charge in [-0.15, -0.1) is 0 Å². The van der Waals surface area contributed by atoms with Crippen molar-refractivity contribution in [3.8, 4) is 0 Å². The lowest BCUT2D eigenvalue weighted by atomic mass is 10.0. The zero-order valence-corrected chi connectivity index (χ0v) is 10.8. The Hall–Kier alpha value is -1.84. The molecule has 1 heterocycles. The monoisotopic (exact) mass is 258 g/mol. The summed E-state index contributed by atoms with van der Waals surface area (Å²) in [5.74, 6) is -0.0263. The third-order valence-electron chi connectivity index (χ3n) is 3.77. The van der Waals surface area contributed by atoms with Gasteiger partial charge in [0.15, 0.2) is 0 Å². The van der Waals surface area contributed by atoms with Crippen molar-refractivity contribution in [3.63, 3.8) is 0 Å². The first-order chi connectivity index (χ1) is 9.33. The molecule has 1 atom stereocenters. The second kappa shape index (κ2) is 5.43. The van der Waals surface area contributed by atoms with E-state index >= 15 is 0 Å². The van der Waals surface area contributed by atoms with E-state index in [0.717, 1.165) is 24.1 Å². The van der Waals surface area contributed by atoms with E-state index in [9.17, 15) is 4.79 Å². The Morgan fingerprint density at radius 1 is 1.21 bits per heavy atom. The van der Waals surface area contributed by atoms with E-state index in [-0.39, 0.29) is 5.91 Å². The van der Waals surface area contributed by atoms with Gasteiger partial charge in [-0.25, -0.2) is 0 Å². The fourth-order valence-electron chi connectivity index (χ4n) is 2.68. The molecule has 3 rings (SSSR count). The van der Waals surface area contributed by atoms with Crippen molar-refractivity contribution < 1.29 is 9.63 Å². The molecule has 0 bridgehead atoms. The van der Waals surface area contributed by atoms with Gasteiger partial charge in [-0.2, -0.15) is 0 Å². The van der Waals surface area contributed by atoms with Crippen LogP contribution in [0.4, 0.5) is 0 Å². The quantitative estimate of drug-likeness (QED) is 0.904. The molecule has 19 heavy (non-hydrogen) atoms. The van der Waals surface area contributed by atoms with Gasteiger partial charge in [0, 0.05) is 12.5 Å². The minimum absolute atomic E-state index is 0.0263. The second-order valence-electron chi connectivity index (χ2n) is 5.19. The second-order valence-corrected chi connectivity index (χ2v) is 5.19. The Kier molecular flexibility index (Phi) is 3.49. The van der Waals surface area contributed by atoms with Gasteiger partial charge in [0.05, 0.1) is 5.71 Å². The normalized spacial score (nSPS) is 22.9. The van der Waals surface area contributed by atoms with E-state index in [2.05, 4.69) is 10.5 Å². The third-order valence-corrected chi connectivity index (χ3v) is 3.77. The highest BCUT2D eigenvalue weighted by molar-refractivity contribution is 6.04. The van der Waals surface area contributed by atoms with Gasteiger partial charge in [-0.05, 0) is 18.4 Å². The van der Waals surface area contributed by atoms with E-state index < -0.39 is 6.10 Å². The lowest BCUT2D eigenvalue weighted by Gasteiger charge is -2.14. The number of rotatable bonds is 3. The predicted molar refractivity (Wildman–Crippen MR) is 72.9 cm³/mol. The van der Waals surface area contributed by atoms with Gasteiger partial charge < -0.3 is 10.2 Å². The Labute approximate surface area is 112 Å². The largest absolute Gasteiger partial charge is 0.382 e. The molecule has 1 aliphatic heterocycles. The van der Waals surface area contributed by atoms with Crippen LogP contribution in [0.2, 0.25) is 0 Å². The Balaban J connectivity index is 1.57. The molecule has 1 aromatic rings. The molecular formula is C15H18N2O2. The van der Waals surface area contributed by atoms with Crippen molar-refractivity contribution in [3.05, 3.63) is 35.9 Å². The number of carbonyl (C=O) groups is 1. The number of hydrogen-bond donors (Lipinski definition) is 1. The minimum atomic E-state index is -0.462. The van der Waals surface area contributed by atoms with Crippen molar-refractivity contribution in [2.75, 3.05) is 0 Å². The van der Waals surface area contributed by atoms with Crippen LogP contribution in [-0.2, 0) is 9.63 Å².